The van der Waals surface area contributed by atoms with Crippen LogP contribution in [-0.4, -0.2) is 119 Å². The van der Waals surface area contributed by atoms with Crippen LogP contribution in [0.15, 0.2) is 182 Å². The molecule has 0 spiro atoms. The number of para-hydroxylation sites is 4. The number of fused-ring (bicyclic) bond motifs is 3. The topological polar surface area (TPSA) is 254 Å². The molecule has 13 rings (SSSR count). The second-order valence-corrected chi connectivity index (χ2v) is 29.8. The molecule has 12 aromatic rings. The van der Waals surface area contributed by atoms with E-state index in [2.05, 4.69) is 104 Å². The number of rotatable bonds is 14. The lowest BCUT2D eigenvalue weighted by molar-refractivity contribution is -0.158. The summed E-state index contributed by atoms with van der Waals surface area (Å²) in [6, 6.07) is 40.0. The highest BCUT2D eigenvalue weighted by Crippen LogP contribution is 2.40. The second-order valence-electron chi connectivity index (χ2n) is 26.1. The maximum Gasteiger partial charge on any atom is 0.496 e. The minimum Gasteiger partial charge on any atom is -0.496 e. The SMILES string of the molecule is COc1ccccc1-c1[nH]nc2ncc(Br)cc12.COc1ccccc1-c1nn(COC(=O)C(C)(C)C)c2ncc(B3OC(C)(C)C(C)(C)O3)cc12.COc1ccccc1-c1nn(COC(=O)C(C)(C)C)c2ncc(Br)cc12.COc1ccccc1C(=O)c1cc(Br)cnc1F.Fc1ccc(Br)cn1. The van der Waals surface area contributed by atoms with Gasteiger partial charge in [-0.05, 0) is 218 Å². The Balaban J connectivity index is 0.000000160. The molecular formula is C75H74BBr4F2N11O11. The number of ether oxygens (including phenoxy) is 6. The number of nitrogens with zero attached hydrogens (tertiary/aromatic N) is 10. The van der Waals surface area contributed by atoms with E-state index in [1.54, 1.807) is 79.6 Å². The molecule has 104 heavy (non-hydrogen) atoms. The molecule has 1 N–H and O–H groups in total. The van der Waals surface area contributed by atoms with Crippen molar-refractivity contribution in [2.75, 3.05) is 28.4 Å². The van der Waals surface area contributed by atoms with Gasteiger partial charge >= 0.3 is 19.1 Å². The number of carbonyl (C=O) groups excluding carboxylic acids is 3. The maximum atomic E-state index is 13.5. The van der Waals surface area contributed by atoms with Crippen LogP contribution in [0.4, 0.5) is 8.78 Å². The van der Waals surface area contributed by atoms with E-state index in [0.717, 1.165) is 68.9 Å². The van der Waals surface area contributed by atoms with E-state index in [0.29, 0.717) is 49.9 Å². The number of ketones is 1. The lowest BCUT2D eigenvalue weighted by Gasteiger charge is -2.32. The minimum absolute atomic E-state index is 0.00359. The van der Waals surface area contributed by atoms with Crippen molar-refractivity contribution in [3.05, 3.63) is 205 Å². The van der Waals surface area contributed by atoms with Gasteiger partial charge in [0.1, 0.15) is 34.4 Å². The van der Waals surface area contributed by atoms with E-state index < -0.39 is 46.8 Å². The molecule has 4 aromatic carbocycles. The van der Waals surface area contributed by atoms with Gasteiger partial charge in [-0.1, -0.05) is 48.5 Å². The molecule has 9 heterocycles. The molecule has 1 aliphatic heterocycles. The number of carbonyl (C=O) groups is 3. The fourth-order valence-corrected chi connectivity index (χ4v) is 11.2. The maximum absolute atomic E-state index is 13.5. The van der Waals surface area contributed by atoms with Gasteiger partial charge in [0, 0.05) is 87.2 Å². The first-order valence-electron chi connectivity index (χ1n) is 32.1. The number of esters is 2. The Hall–Kier alpha value is -9.39. The van der Waals surface area contributed by atoms with Crippen LogP contribution in [-0.2, 0) is 41.8 Å². The number of aromatic amines is 1. The van der Waals surface area contributed by atoms with Crippen LogP contribution in [0.3, 0.4) is 0 Å². The van der Waals surface area contributed by atoms with Crippen LogP contribution in [0.1, 0.15) is 85.2 Å². The van der Waals surface area contributed by atoms with Gasteiger partial charge in [0.05, 0.1) is 67.3 Å². The summed E-state index contributed by atoms with van der Waals surface area (Å²) in [5.74, 6) is 0.291. The number of hydrogen-bond donors (Lipinski definition) is 1. The smallest absolute Gasteiger partial charge is 0.496 e. The molecule has 0 saturated carbocycles. The Morgan fingerprint density at radius 3 is 1.43 bits per heavy atom. The number of nitrogens with one attached hydrogen (secondary N) is 1. The van der Waals surface area contributed by atoms with Crippen molar-refractivity contribution in [2.45, 2.75) is 93.9 Å². The number of benzene rings is 4. The molecule has 8 aromatic heterocycles. The summed E-state index contributed by atoms with van der Waals surface area (Å²) in [7, 11) is 5.80. The van der Waals surface area contributed by atoms with E-state index in [9.17, 15) is 23.2 Å². The molecule has 1 saturated heterocycles. The summed E-state index contributed by atoms with van der Waals surface area (Å²) < 4.78 is 76.7. The molecule has 0 unspecified atom stereocenters. The first kappa shape index (κ1) is 78.7. The summed E-state index contributed by atoms with van der Waals surface area (Å²) >= 11 is 13.2. The molecule has 22 nitrogen and oxygen atoms in total. The van der Waals surface area contributed by atoms with E-state index in [4.69, 9.17) is 42.8 Å². The van der Waals surface area contributed by atoms with Crippen molar-refractivity contribution in [2.24, 2.45) is 10.8 Å². The first-order valence-corrected chi connectivity index (χ1v) is 35.3. The molecular weight excluding hydrogens is 1600 g/mol. The molecule has 0 amide bonds. The van der Waals surface area contributed by atoms with Crippen molar-refractivity contribution in [1.29, 1.82) is 0 Å². The normalized spacial score (nSPS) is 12.9. The summed E-state index contributed by atoms with van der Waals surface area (Å²) in [5, 5.41) is 19.2. The molecule has 29 heteroatoms. The van der Waals surface area contributed by atoms with Crippen molar-refractivity contribution in [3.63, 3.8) is 0 Å². The third-order valence-electron chi connectivity index (χ3n) is 16.1. The average Bonchev–Trinajstić information content (AvgIpc) is 1.61. The van der Waals surface area contributed by atoms with E-state index in [1.165, 1.54) is 31.6 Å². The Morgan fingerprint density at radius 1 is 0.500 bits per heavy atom. The lowest BCUT2D eigenvalue weighted by atomic mass is 9.80. The van der Waals surface area contributed by atoms with Crippen molar-refractivity contribution >= 4 is 127 Å². The number of aromatic nitrogens is 11. The van der Waals surface area contributed by atoms with Gasteiger partial charge in [0.25, 0.3) is 0 Å². The van der Waals surface area contributed by atoms with E-state index in [1.807, 2.05) is 160 Å². The predicted molar refractivity (Wildman–Crippen MR) is 407 cm³/mol. The van der Waals surface area contributed by atoms with Gasteiger partial charge in [-0.15, -0.1) is 0 Å². The number of pyridine rings is 5. The minimum atomic E-state index is -0.797. The third kappa shape index (κ3) is 18.9. The number of H-pyrrole nitrogens is 1. The Kier molecular flexibility index (Phi) is 25.8. The highest BCUT2D eigenvalue weighted by Gasteiger charge is 2.52. The van der Waals surface area contributed by atoms with Gasteiger partial charge in [-0.2, -0.15) is 24.1 Å². The van der Waals surface area contributed by atoms with Crippen molar-refractivity contribution in [1.82, 2.24) is 54.7 Å². The summed E-state index contributed by atoms with van der Waals surface area (Å²) in [6.45, 7) is 18.9. The van der Waals surface area contributed by atoms with Crippen molar-refractivity contribution in [3.8, 4) is 56.8 Å². The van der Waals surface area contributed by atoms with Crippen LogP contribution < -0.4 is 24.4 Å². The first-order chi connectivity index (χ1) is 49.4. The third-order valence-corrected chi connectivity index (χ3v) is 17.9. The van der Waals surface area contributed by atoms with E-state index >= 15 is 0 Å². The fourth-order valence-electron chi connectivity index (χ4n) is 10.00. The van der Waals surface area contributed by atoms with Crippen LogP contribution in [0.2, 0.25) is 0 Å². The summed E-state index contributed by atoms with van der Waals surface area (Å²) in [4.78, 5) is 56.9. The molecule has 0 radical (unpaired) electrons. The van der Waals surface area contributed by atoms with Crippen LogP contribution in [0, 0.1) is 22.7 Å². The van der Waals surface area contributed by atoms with Gasteiger partial charge in [-0.3, -0.25) is 19.5 Å². The lowest BCUT2D eigenvalue weighted by Crippen LogP contribution is -2.41. The molecule has 540 valence electrons. The highest BCUT2D eigenvalue weighted by molar-refractivity contribution is 9.11. The zero-order valence-electron chi connectivity index (χ0n) is 59.3. The Morgan fingerprint density at radius 2 is 0.933 bits per heavy atom. The Bertz CT molecular complexity index is 5010. The molecule has 0 aliphatic carbocycles. The quantitative estimate of drug-likeness (QED) is 0.0459. The van der Waals surface area contributed by atoms with Gasteiger partial charge < -0.3 is 37.7 Å². The largest absolute Gasteiger partial charge is 0.496 e. The number of hydrogen-bond acceptors (Lipinski definition) is 19. The highest BCUT2D eigenvalue weighted by atomic mass is 79.9. The van der Waals surface area contributed by atoms with Crippen LogP contribution >= 0.6 is 63.7 Å². The predicted octanol–water partition coefficient (Wildman–Crippen LogP) is 17.0. The number of halogens is 6. The van der Waals surface area contributed by atoms with Crippen LogP contribution in [0.25, 0.3) is 66.9 Å². The van der Waals surface area contributed by atoms with Gasteiger partial charge in [-0.25, -0.2) is 34.3 Å². The van der Waals surface area contributed by atoms with Crippen LogP contribution in [0.5, 0.6) is 23.0 Å². The fraction of sp³-hybridized carbons (Fsp3) is 0.267. The zero-order chi connectivity index (χ0) is 75.4. The molecule has 0 bridgehead atoms. The Labute approximate surface area is 633 Å². The molecule has 1 fully saturated rings. The zero-order valence-corrected chi connectivity index (χ0v) is 65.7. The monoisotopic (exact) mass is 1670 g/mol. The van der Waals surface area contributed by atoms with Gasteiger partial charge in [0.2, 0.25) is 17.7 Å². The molecule has 0 atom stereocenters. The standard InChI is InChI=1S/C25H32BN3O5.C19H20BrN3O3.C13H9BrFNO2.C13H10BrN3O.C5H3BrFN/c1-23(2,3)22(30)32-15-29-21-18(20(28-29)17-11-9-10-12-19(17)31-8)13-16(14-27-21)26-33-24(4,5)25(6,7)34-26;1-19(2,3)18(24)26-11-23-17-14(9-12(20)10-21-17)16(22-23)13-7-5-6-8-15(13)25-4;1-18-11-5-3-2-4-9(11)12(17)10-6-8(14)7-16-13(10)15;1-18-11-5-3-2-4-9(11)12-10-6-8(14)7-15-13(10)17-16-12;6-4-1-2-5(7)8-3-4/h9-14H,15H2,1-8H3;5-10H,11H2,1-4H3;2-7H,1H3;2-7H,1H3,(H,15,16,17);1-3H. The molecule has 1 aliphatic rings. The summed E-state index contributed by atoms with van der Waals surface area (Å²) in [6.07, 6.45) is 7.86. The van der Waals surface area contributed by atoms with E-state index in [-0.39, 0.29) is 31.0 Å². The summed E-state index contributed by atoms with van der Waals surface area (Å²) in [5.41, 5.74) is 5.72. The van der Waals surface area contributed by atoms with Gasteiger partial charge in [0.15, 0.2) is 30.4 Å². The second kappa shape index (κ2) is 34.0. The average molecular weight is 1670 g/mol. The van der Waals surface area contributed by atoms with Crippen molar-refractivity contribution < 1.29 is 60.9 Å². The number of methoxy groups -OCH3 is 4.